The number of aryl methyl sites for hydroxylation is 1. The summed E-state index contributed by atoms with van der Waals surface area (Å²) >= 11 is 3.08. The summed E-state index contributed by atoms with van der Waals surface area (Å²) < 4.78 is 27.3. The van der Waals surface area contributed by atoms with Crippen LogP contribution in [0.5, 0.6) is 0 Å². The molecule has 0 aliphatic carbocycles. The fourth-order valence-corrected chi connectivity index (χ4v) is 4.48. The average molecular weight is 389 g/mol. The van der Waals surface area contributed by atoms with Crippen molar-refractivity contribution < 1.29 is 13.2 Å². The molecule has 1 aromatic rings. The molecule has 0 saturated carbocycles. The minimum Gasteiger partial charge on any atom is -0.325 e. The van der Waals surface area contributed by atoms with Crippen LogP contribution in [0.2, 0.25) is 0 Å². The molecule has 1 saturated heterocycles. The van der Waals surface area contributed by atoms with Gasteiger partial charge in [0, 0.05) is 18.8 Å². The molecular formula is C15H21BrN2O3S. The third-order valence-corrected chi connectivity index (χ3v) is 6.33. The number of hydrogen-bond acceptors (Lipinski definition) is 3. The first-order chi connectivity index (χ1) is 10.4. The number of rotatable bonds is 4. The largest absolute Gasteiger partial charge is 0.325 e. The molecule has 0 bridgehead atoms. The molecule has 1 aromatic carbocycles. The Morgan fingerprint density at radius 2 is 1.86 bits per heavy atom. The van der Waals surface area contributed by atoms with Crippen molar-refractivity contribution in [2.45, 2.75) is 37.5 Å². The Morgan fingerprint density at radius 3 is 2.45 bits per heavy atom. The van der Waals surface area contributed by atoms with Crippen LogP contribution in [0, 0.1) is 6.92 Å². The number of hydrogen-bond donors (Lipinski definition) is 1. The Bertz CT molecular complexity index is 638. The Balaban J connectivity index is 2.32. The topological polar surface area (TPSA) is 66.5 Å². The Kier molecular flexibility index (Phi) is 6.00. The van der Waals surface area contributed by atoms with E-state index in [9.17, 15) is 13.2 Å². The minimum atomic E-state index is -3.51. The quantitative estimate of drug-likeness (QED) is 0.806. The van der Waals surface area contributed by atoms with Gasteiger partial charge < -0.3 is 5.32 Å². The van der Waals surface area contributed by atoms with Crippen molar-refractivity contribution in [3.63, 3.8) is 0 Å². The van der Waals surface area contributed by atoms with Gasteiger partial charge in [-0.1, -0.05) is 34.8 Å². The van der Waals surface area contributed by atoms with Crippen LogP contribution < -0.4 is 5.32 Å². The summed E-state index contributed by atoms with van der Waals surface area (Å²) in [5.41, 5.74) is 1.20. The number of halogens is 1. The molecule has 2 rings (SSSR count). The van der Waals surface area contributed by atoms with Gasteiger partial charge in [0.25, 0.3) is 0 Å². The fraction of sp³-hybridized carbons (Fsp3) is 0.533. The van der Waals surface area contributed by atoms with Crippen LogP contribution in [0.15, 0.2) is 23.1 Å². The van der Waals surface area contributed by atoms with Crippen molar-refractivity contribution in [2.75, 3.05) is 23.7 Å². The summed E-state index contributed by atoms with van der Waals surface area (Å²) in [6, 6.07) is 5.00. The van der Waals surface area contributed by atoms with Crippen molar-refractivity contribution >= 4 is 37.5 Å². The number of nitrogens with zero attached hydrogens (tertiary/aromatic N) is 1. The van der Waals surface area contributed by atoms with Gasteiger partial charge in [-0.25, -0.2) is 8.42 Å². The van der Waals surface area contributed by atoms with Crippen molar-refractivity contribution in [1.29, 1.82) is 0 Å². The number of carbonyl (C=O) groups is 1. The van der Waals surface area contributed by atoms with Crippen molar-refractivity contribution in [2.24, 2.45) is 0 Å². The average Bonchev–Trinajstić information content (AvgIpc) is 2.78. The highest BCUT2D eigenvalue weighted by Gasteiger charge is 2.26. The summed E-state index contributed by atoms with van der Waals surface area (Å²) in [5.74, 6) is -0.207. The zero-order chi connectivity index (χ0) is 16.2. The van der Waals surface area contributed by atoms with Crippen molar-refractivity contribution in [3.05, 3.63) is 23.8 Å². The Labute approximate surface area is 140 Å². The van der Waals surface area contributed by atoms with E-state index in [4.69, 9.17) is 0 Å². The SMILES string of the molecule is Cc1ccc(NC(=O)CBr)cc1S(=O)(=O)N1CCCCCC1. The molecule has 0 spiro atoms. The molecule has 0 unspecified atom stereocenters. The van der Waals surface area contributed by atoms with Gasteiger partial charge in [-0.3, -0.25) is 4.79 Å². The predicted octanol–water partition coefficient (Wildman–Crippen LogP) is 2.89. The number of carbonyl (C=O) groups excluding carboxylic acids is 1. The third-order valence-electron chi connectivity index (χ3n) is 3.78. The highest BCUT2D eigenvalue weighted by atomic mass is 79.9. The first-order valence-electron chi connectivity index (χ1n) is 7.42. The Morgan fingerprint density at radius 1 is 1.23 bits per heavy atom. The maximum Gasteiger partial charge on any atom is 0.243 e. The molecule has 1 N–H and O–H groups in total. The lowest BCUT2D eigenvalue weighted by atomic mass is 10.2. The molecule has 1 aliphatic heterocycles. The van der Waals surface area contributed by atoms with Gasteiger partial charge in [-0.2, -0.15) is 4.31 Å². The molecule has 5 nitrogen and oxygen atoms in total. The Hall–Kier alpha value is -0.920. The molecule has 7 heteroatoms. The van der Waals surface area contributed by atoms with Crippen LogP contribution >= 0.6 is 15.9 Å². The fourth-order valence-electron chi connectivity index (χ4n) is 2.57. The van der Waals surface area contributed by atoms with Crippen molar-refractivity contribution in [1.82, 2.24) is 4.31 Å². The van der Waals surface area contributed by atoms with Gasteiger partial charge in [-0.15, -0.1) is 0 Å². The summed E-state index contributed by atoms with van der Waals surface area (Å²) in [7, 11) is -3.51. The second kappa shape index (κ2) is 7.57. The smallest absolute Gasteiger partial charge is 0.243 e. The number of nitrogens with one attached hydrogen (secondary N) is 1. The maximum atomic E-state index is 12.9. The zero-order valence-corrected chi connectivity index (χ0v) is 15.0. The third kappa shape index (κ3) is 4.08. The standard InChI is InChI=1S/C15H21BrN2O3S/c1-12-6-7-13(17-15(19)11-16)10-14(12)22(20,21)18-8-4-2-3-5-9-18/h6-7,10H,2-5,8-9,11H2,1H3,(H,17,19). The van der Waals surface area contributed by atoms with E-state index in [1.54, 1.807) is 29.4 Å². The van der Waals surface area contributed by atoms with E-state index in [-0.39, 0.29) is 16.1 Å². The van der Waals surface area contributed by atoms with Gasteiger partial charge in [0.2, 0.25) is 15.9 Å². The molecule has 0 aromatic heterocycles. The van der Waals surface area contributed by atoms with Crippen LogP contribution in [-0.4, -0.2) is 37.0 Å². The minimum absolute atomic E-state index is 0.176. The second-order valence-corrected chi connectivity index (χ2v) is 7.95. The molecule has 1 fully saturated rings. The molecule has 122 valence electrons. The van der Waals surface area contributed by atoms with Gasteiger partial charge in [0.15, 0.2) is 0 Å². The zero-order valence-electron chi connectivity index (χ0n) is 12.6. The first-order valence-corrected chi connectivity index (χ1v) is 9.98. The summed E-state index contributed by atoms with van der Waals surface area (Å²) in [6.07, 6.45) is 3.95. The van der Waals surface area contributed by atoms with Crippen LogP contribution in [0.4, 0.5) is 5.69 Å². The van der Waals surface area contributed by atoms with Gasteiger partial charge in [0.1, 0.15) is 0 Å². The molecule has 0 radical (unpaired) electrons. The van der Waals surface area contributed by atoms with E-state index in [2.05, 4.69) is 21.2 Å². The van der Waals surface area contributed by atoms with E-state index in [1.807, 2.05) is 0 Å². The van der Waals surface area contributed by atoms with Crippen LogP contribution in [0.1, 0.15) is 31.2 Å². The first kappa shape index (κ1) is 17.4. The van der Waals surface area contributed by atoms with E-state index in [0.717, 1.165) is 25.7 Å². The summed E-state index contributed by atoms with van der Waals surface area (Å²) in [6.45, 7) is 2.92. The van der Waals surface area contributed by atoms with Gasteiger partial charge in [0.05, 0.1) is 10.2 Å². The van der Waals surface area contributed by atoms with E-state index >= 15 is 0 Å². The van der Waals surface area contributed by atoms with Crippen LogP contribution in [-0.2, 0) is 14.8 Å². The summed E-state index contributed by atoms with van der Waals surface area (Å²) in [4.78, 5) is 11.7. The van der Waals surface area contributed by atoms with Crippen LogP contribution in [0.3, 0.4) is 0 Å². The number of amides is 1. The van der Waals surface area contributed by atoms with Crippen molar-refractivity contribution in [3.8, 4) is 0 Å². The maximum absolute atomic E-state index is 12.9. The second-order valence-electron chi connectivity index (χ2n) is 5.48. The number of sulfonamides is 1. The van der Waals surface area contributed by atoms with Crippen LogP contribution in [0.25, 0.3) is 0 Å². The molecule has 0 atom stereocenters. The lowest BCUT2D eigenvalue weighted by Gasteiger charge is -2.21. The molecule has 1 aliphatic rings. The van der Waals surface area contributed by atoms with Gasteiger partial charge >= 0.3 is 0 Å². The molecular weight excluding hydrogens is 368 g/mol. The molecule has 22 heavy (non-hydrogen) atoms. The highest BCUT2D eigenvalue weighted by molar-refractivity contribution is 9.09. The summed E-state index contributed by atoms with van der Waals surface area (Å²) in [5, 5.41) is 2.85. The van der Waals surface area contributed by atoms with Gasteiger partial charge in [-0.05, 0) is 37.5 Å². The molecule has 1 amide bonds. The number of anilines is 1. The normalized spacial score (nSPS) is 17.0. The van der Waals surface area contributed by atoms with E-state index < -0.39 is 10.0 Å². The molecule has 1 heterocycles. The highest BCUT2D eigenvalue weighted by Crippen LogP contribution is 2.25. The van der Waals surface area contributed by atoms with E-state index in [1.165, 1.54) is 0 Å². The number of benzene rings is 1. The van der Waals surface area contributed by atoms with E-state index in [0.29, 0.717) is 24.3 Å². The number of alkyl halides is 1. The lowest BCUT2D eigenvalue weighted by Crippen LogP contribution is -2.32. The monoisotopic (exact) mass is 388 g/mol. The predicted molar refractivity (Wildman–Crippen MR) is 90.8 cm³/mol. The lowest BCUT2D eigenvalue weighted by molar-refractivity contribution is -0.113.